The largest absolute Gasteiger partial charge is 0.465 e. The summed E-state index contributed by atoms with van der Waals surface area (Å²) in [5.74, 6) is -1.74. The molecule has 0 spiro atoms. The summed E-state index contributed by atoms with van der Waals surface area (Å²) in [5, 5.41) is 3.61. The van der Waals surface area contributed by atoms with Gasteiger partial charge in [0.15, 0.2) is 0 Å². The molecule has 0 saturated heterocycles. The Hall–Kier alpha value is -2.31. The molecule has 3 rings (SSSR count). The van der Waals surface area contributed by atoms with Crippen LogP contribution in [0.5, 0.6) is 0 Å². The van der Waals surface area contributed by atoms with E-state index >= 15 is 0 Å². The Bertz CT molecular complexity index is 869. The molecule has 1 heterocycles. The third-order valence-electron chi connectivity index (χ3n) is 4.13. The Morgan fingerprint density at radius 3 is 2.73 bits per heavy atom. The van der Waals surface area contributed by atoms with E-state index in [9.17, 15) is 9.59 Å². The number of fused-ring (bicyclic) bond motifs is 1. The maximum atomic E-state index is 12.4. The molecule has 1 aliphatic carbocycles. The third kappa shape index (κ3) is 3.61. The minimum atomic E-state index is -0.711. The molecule has 2 aliphatic rings. The molecular weight excluding hydrogens is 372 g/mol. The normalized spacial score (nSPS) is 18.9. The Kier molecular flexibility index (Phi) is 5.64. The zero-order valence-electron chi connectivity index (χ0n) is 14.3. The van der Waals surface area contributed by atoms with E-state index in [4.69, 9.17) is 16.3 Å². The van der Waals surface area contributed by atoms with Crippen molar-refractivity contribution in [3.63, 3.8) is 0 Å². The van der Waals surface area contributed by atoms with E-state index in [1.807, 2.05) is 36.6 Å². The number of aliphatic imine (C=N–C) groups is 1. The van der Waals surface area contributed by atoms with Gasteiger partial charge in [0, 0.05) is 17.1 Å². The number of ether oxygens (including phenoxy) is 1. The van der Waals surface area contributed by atoms with Gasteiger partial charge in [-0.25, -0.2) is 9.79 Å². The van der Waals surface area contributed by atoms with Crippen molar-refractivity contribution < 1.29 is 14.3 Å². The van der Waals surface area contributed by atoms with Crippen LogP contribution in [0.4, 0.5) is 0 Å². The fraction of sp³-hybridized carbons (Fsp3) is 0.211. The lowest BCUT2D eigenvalue weighted by molar-refractivity contribution is -0.137. The van der Waals surface area contributed by atoms with Crippen LogP contribution in [0, 0.1) is 5.92 Å². The fourth-order valence-corrected chi connectivity index (χ4v) is 3.45. The van der Waals surface area contributed by atoms with Crippen molar-refractivity contribution >= 4 is 41.0 Å². The number of thioether (sulfide) groups is 1. The van der Waals surface area contributed by atoms with Crippen molar-refractivity contribution in [3.05, 3.63) is 64.4 Å². The number of rotatable bonds is 5. The lowest BCUT2D eigenvalue weighted by Gasteiger charge is -2.27. The Morgan fingerprint density at radius 2 is 2.08 bits per heavy atom. The van der Waals surface area contributed by atoms with Gasteiger partial charge in [0.1, 0.15) is 5.57 Å². The number of dihydropyridines is 1. The highest BCUT2D eigenvalue weighted by molar-refractivity contribution is 7.98. The van der Waals surface area contributed by atoms with Gasteiger partial charge in [-0.3, -0.25) is 4.79 Å². The first-order chi connectivity index (χ1) is 12.5. The van der Waals surface area contributed by atoms with E-state index in [-0.39, 0.29) is 11.5 Å². The molecule has 1 aromatic carbocycles. The van der Waals surface area contributed by atoms with Gasteiger partial charge in [-0.05, 0) is 30.0 Å². The molecule has 0 fully saturated rings. The number of halogens is 1. The van der Waals surface area contributed by atoms with E-state index in [1.54, 1.807) is 23.9 Å². The molecule has 1 N–H and O–H groups in total. The summed E-state index contributed by atoms with van der Waals surface area (Å²) in [7, 11) is 1.24. The molecule has 26 heavy (non-hydrogen) atoms. The van der Waals surface area contributed by atoms with Crippen LogP contribution in [0.15, 0.2) is 68.7 Å². The Morgan fingerprint density at radius 1 is 1.35 bits per heavy atom. The summed E-state index contributed by atoms with van der Waals surface area (Å²) in [6.45, 7) is 0.455. The molecule has 1 amide bonds. The molecule has 5 nitrogen and oxygen atoms in total. The summed E-state index contributed by atoms with van der Waals surface area (Å²) in [5.41, 5.74) is 1.84. The van der Waals surface area contributed by atoms with Gasteiger partial charge in [-0.2, -0.15) is 0 Å². The van der Waals surface area contributed by atoms with Crippen molar-refractivity contribution in [2.24, 2.45) is 10.9 Å². The highest BCUT2D eigenvalue weighted by Gasteiger charge is 2.36. The second kappa shape index (κ2) is 7.93. The van der Waals surface area contributed by atoms with Gasteiger partial charge in [0.2, 0.25) is 0 Å². The second-order valence-corrected chi connectivity index (χ2v) is 6.95. The lowest BCUT2D eigenvalue weighted by atomic mass is 9.88. The van der Waals surface area contributed by atoms with Gasteiger partial charge in [0.05, 0.1) is 23.8 Å². The number of nitrogens with one attached hydrogen (secondary N) is 1. The number of esters is 1. The van der Waals surface area contributed by atoms with Crippen LogP contribution in [0.1, 0.15) is 5.56 Å². The molecule has 0 bridgehead atoms. The second-order valence-electron chi connectivity index (χ2n) is 5.66. The summed E-state index contributed by atoms with van der Waals surface area (Å²) >= 11 is 7.86. The van der Waals surface area contributed by atoms with Gasteiger partial charge in [-0.1, -0.05) is 35.9 Å². The summed E-state index contributed by atoms with van der Waals surface area (Å²) in [6, 6.07) is 8.05. The van der Waals surface area contributed by atoms with E-state index in [0.717, 1.165) is 10.5 Å². The van der Waals surface area contributed by atoms with Crippen LogP contribution in [0.2, 0.25) is 0 Å². The number of amides is 1. The van der Waals surface area contributed by atoms with Crippen molar-refractivity contribution in [3.8, 4) is 0 Å². The molecule has 0 saturated carbocycles. The lowest BCUT2D eigenvalue weighted by Crippen LogP contribution is -2.36. The van der Waals surface area contributed by atoms with E-state index < -0.39 is 11.9 Å². The number of carbonyl (C=O) groups is 2. The minimum Gasteiger partial charge on any atom is -0.465 e. The number of methoxy groups -OCH3 is 1. The molecule has 1 atom stereocenters. The quantitative estimate of drug-likeness (QED) is 0.476. The predicted octanol–water partition coefficient (Wildman–Crippen LogP) is 3.22. The Labute approximate surface area is 160 Å². The van der Waals surface area contributed by atoms with Gasteiger partial charge in [-0.15, -0.1) is 11.8 Å². The van der Waals surface area contributed by atoms with Crippen LogP contribution in [-0.2, 0) is 20.9 Å². The predicted molar refractivity (Wildman–Crippen MR) is 103 cm³/mol. The van der Waals surface area contributed by atoms with Crippen molar-refractivity contribution in [2.75, 3.05) is 13.4 Å². The first-order valence-electron chi connectivity index (χ1n) is 7.91. The molecular formula is C19H17ClN2O3S. The van der Waals surface area contributed by atoms with Crippen molar-refractivity contribution in [1.29, 1.82) is 0 Å². The number of nitrogens with zero attached hydrogens (tertiary/aromatic N) is 1. The number of hydrogen-bond acceptors (Lipinski definition) is 5. The average molecular weight is 389 g/mol. The van der Waals surface area contributed by atoms with E-state index in [2.05, 4.69) is 10.3 Å². The SMILES string of the molecule is COC(=O)C1=C(NCc2ccc(SC)cc2)C2C=CC=C(Cl)C2=NC1=O. The minimum absolute atomic E-state index is 0.0852. The van der Waals surface area contributed by atoms with Gasteiger partial charge < -0.3 is 10.1 Å². The van der Waals surface area contributed by atoms with Crippen LogP contribution in [0.3, 0.4) is 0 Å². The maximum Gasteiger partial charge on any atom is 0.345 e. The summed E-state index contributed by atoms with van der Waals surface area (Å²) in [4.78, 5) is 29.7. The summed E-state index contributed by atoms with van der Waals surface area (Å²) < 4.78 is 4.78. The molecule has 0 aromatic heterocycles. The molecule has 7 heteroatoms. The molecule has 1 aromatic rings. The molecule has 0 radical (unpaired) electrons. The average Bonchev–Trinajstić information content (AvgIpc) is 2.66. The first-order valence-corrected chi connectivity index (χ1v) is 9.52. The first kappa shape index (κ1) is 18.5. The van der Waals surface area contributed by atoms with E-state index in [1.165, 1.54) is 7.11 Å². The van der Waals surface area contributed by atoms with Crippen molar-refractivity contribution in [2.45, 2.75) is 11.4 Å². The highest BCUT2D eigenvalue weighted by atomic mass is 35.5. The number of hydrogen-bond donors (Lipinski definition) is 1. The standard InChI is InChI=1S/C19H17ClN2O3S/c1-25-19(24)15-17(21-10-11-6-8-12(26-2)9-7-11)13-4-3-5-14(20)16(13)22-18(15)23/h3-9,13,21H,10H2,1-2H3. The maximum absolute atomic E-state index is 12.4. The van der Waals surface area contributed by atoms with Crippen molar-refractivity contribution in [1.82, 2.24) is 5.32 Å². The Balaban J connectivity index is 1.92. The smallest absolute Gasteiger partial charge is 0.345 e. The molecule has 134 valence electrons. The summed E-state index contributed by atoms with van der Waals surface area (Å²) in [6.07, 6.45) is 7.32. The van der Waals surface area contributed by atoms with Crippen LogP contribution < -0.4 is 5.32 Å². The molecule has 1 aliphatic heterocycles. The van der Waals surface area contributed by atoms with E-state index in [0.29, 0.717) is 23.0 Å². The zero-order valence-corrected chi connectivity index (χ0v) is 15.9. The zero-order chi connectivity index (χ0) is 18.7. The van der Waals surface area contributed by atoms with Crippen LogP contribution in [-0.4, -0.2) is 31.0 Å². The fourth-order valence-electron chi connectivity index (χ4n) is 2.81. The number of carbonyl (C=O) groups excluding carboxylic acids is 2. The van der Waals surface area contributed by atoms with Crippen LogP contribution in [0.25, 0.3) is 0 Å². The topological polar surface area (TPSA) is 67.8 Å². The van der Waals surface area contributed by atoms with Gasteiger partial charge >= 0.3 is 5.97 Å². The highest BCUT2D eigenvalue weighted by Crippen LogP contribution is 2.31. The van der Waals surface area contributed by atoms with Crippen LogP contribution >= 0.6 is 23.4 Å². The third-order valence-corrected chi connectivity index (χ3v) is 5.20. The number of benzene rings is 1. The van der Waals surface area contributed by atoms with Gasteiger partial charge in [0.25, 0.3) is 5.91 Å². The number of allylic oxidation sites excluding steroid dienone is 4. The monoisotopic (exact) mass is 388 g/mol. The molecule has 1 unspecified atom stereocenters.